The minimum absolute atomic E-state index is 0.00838. The van der Waals surface area contributed by atoms with Crippen LogP contribution in [0.2, 0.25) is 0 Å². The highest BCUT2D eigenvalue weighted by molar-refractivity contribution is 5.88. The third-order valence-electron chi connectivity index (χ3n) is 5.01. The second-order valence-electron chi connectivity index (χ2n) is 8.01. The Hall–Kier alpha value is -3.02. The number of amides is 2. The van der Waals surface area contributed by atoms with Crippen LogP contribution in [0.15, 0.2) is 42.5 Å². The molecule has 1 atom stereocenters. The molecule has 0 saturated heterocycles. The van der Waals surface area contributed by atoms with Gasteiger partial charge in [0.15, 0.2) is 6.61 Å². The van der Waals surface area contributed by atoms with Crippen molar-refractivity contribution in [2.75, 3.05) is 13.7 Å². The van der Waals surface area contributed by atoms with Gasteiger partial charge in [0.05, 0.1) is 7.11 Å². The fourth-order valence-corrected chi connectivity index (χ4v) is 3.41. The fraction of sp³-hybridized carbons (Fsp3) is 0.440. The highest BCUT2D eigenvalue weighted by Crippen LogP contribution is 2.20. The Morgan fingerprint density at radius 1 is 1.06 bits per heavy atom. The van der Waals surface area contributed by atoms with E-state index in [2.05, 4.69) is 5.32 Å². The largest absolute Gasteiger partial charge is 0.497 e. The third kappa shape index (κ3) is 7.02. The summed E-state index contributed by atoms with van der Waals surface area (Å²) in [5.41, 5.74) is 3.02. The van der Waals surface area contributed by atoms with Crippen LogP contribution < -0.4 is 14.8 Å². The Labute approximate surface area is 185 Å². The number of hydrogen-bond acceptors (Lipinski definition) is 4. The molecule has 2 aromatic rings. The van der Waals surface area contributed by atoms with Gasteiger partial charge in [-0.15, -0.1) is 0 Å². The average Bonchev–Trinajstić information content (AvgIpc) is 2.72. The smallest absolute Gasteiger partial charge is 0.261 e. The molecule has 1 unspecified atom stereocenters. The minimum atomic E-state index is -0.584. The first kappa shape index (κ1) is 24.3. The maximum absolute atomic E-state index is 13.2. The number of nitrogens with one attached hydrogen (secondary N) is 1. The lowest BCUT2D eigenvalue weighted by atomic mass is 10.1. The van der Waals surface area contributed by atoms with Crippen molar-refractivity contribution in [2.24, 2.45) is 0 Å². The lowest BCUT2D eigenvalue weighted by molar-refractivity contribution is -0.143. The van der Waals surface area contributed by atoms with Crippen LogP contribution in [0, 0.1) is 13.8 Å². The van der Waals surface area contributed by atoms with Crippen molar-refractivity contribution < 1.29 is 19.1 Å². The van der Waals surface area contributed by atoms with Crippen molar-refractivity contribution in [3.8, 4) is 11.5 Å². The molecule has 6 nitrogen and oxygen atoms in total. The number of ether oxygens (including phenoxy) is 2. The van der Waals surface area contributed by atoms with Crippen LogP contribution in [-0.4, -0.2) is 42.5 Å². The molecule has 2 amide bonds. The Morgan fingerprint density at radius 3 is 2.29 bits per heavy atom. The van der Waals surface area contributed by atoms with E-state index in [0.717, 1.165) is 22.4 Å². The van der Waals surface area contributed by atoms with Crippen molar-refractivity contribution in [1.29, 1.82) is 0 Å². The van der Waals surface area contributed by atoms with E-state index in [1.54, 1.807) is 12.0 Å². The second kappa shape index (κ2) is 11.4. The number of nitrogens with zero attached hydrogens (tertiary/aromatic N) is 1. The summed E-state index contributed by atoms with van der Waals surface area (Å²) in [5.74, 6) is 1.01. The summed E-state index contributed by atoms with van der Waals surface area (Å²) in [6.45, 7) is 9.86. The number of aryl methyl sites for hydroxylation is 2. The lowest BCUT2D eigenvalue weighted by Gasteiger charge is -2.31. The first-order valence-corrected chi connectivity index (χ1v) is 10.7. The summed E-state index contributed by atoms with van der Waals surface area (Å²) in [6.07, 6.45) is 0.504. The van der Waals surface area contributed by atoms with E-state index in [1.165, 1.54) is 0 Å². The molecule has 0 spiro atoms. The molecule has 2 rings (SSSR count). The van der Waals surface area contributed by atoms with Crippen LogP contribution in [-0.2, 0) is 16.1 Å². The number of carbonyl (C=O) groups is 2. The average molecular weight is 427 g/mol. The topological polar surface area (TPSA) is 67.9 Å². The van der Waals surface area contributed by atoms with Crippen molar-refractivity contribution >= 4 is 11.8 Å². The summed E-state index contributed by atoms with van der Waals surface area (Å²) >= 11 is 0. The van der Waals surface area contributed by atoms with Gasteiger partial charge in [0, 0.05) is 12.6 Å². The lowest BCUT2D eigenvalue weighted by Crippen LogP contribution is -2.51. The van der Waals surface area contributed by atoms with Gasteiger partial charge in [0.25, 0.3) is 5.91 Å². The normalized spacial score (nSPS) is 11.7. The fourth-order valence-electron chi connectivity index (χ4n) is 3.41. The first-order chi connectivity index (χ1) is 14.7. The third-order valence-corrected chi connectivity index (χ3v) is 5.01. The summed E-state index contributed by atoms with van der Waals surface area (Å²) in [4.78, 5) is 27.6. The SMILES string of the molecule is CCC(C(=O)NC(C)C)N(Cc1ccc(OC)cc1)C(=O)COc1ccc(C)cc1C. The molecule has 168 valence electrons. The van der Waals surface area contributed by atoms with E-state index in [0.29, 0.717) is 18.7 Å². The van der Waals surface area contributed by atoms with Gasteiger partial charge in [0.1, 0.15) is 17.5 Å². The molecule has 31 heavy (non-hydrogen) atoms. The van der Waals surface area contributed by atoms with E-state index in [-0.39, 0.29) is 24.5 Å². The molecule has 1 N–H and O–H groups in total. The highest BCUT2D eigenvalue weighted by atomic mass is 16.5. The summed E-state index contributed by atoms with van der Waals surface area (Å²) in [5, 5.41) is 2.93. The van der Waals surface area contributed by atoms with Gasteiger partial charge in [-0.05, 0) is 63.4 Å². The highest BCUT2D eigenvalue weighted by Gasteiger charge is 2.29. The zero-order chi connectivity index (χ0) is 23.0. The quantitative estimate of drug-likeness (QED) is 0.623. The van der Waals surface area contributed by atoms with E-state index in [9.17, 15) is 9.59 Å². The maximum atomic E-state index is 13.2. The van der Waals surface area contributed by atoms with Crippen LogP contribution in [0.25, 0.3) is 0 Å². The van der Waals surface area contributed by atoms with E-state index in [4.69, 9.17) is 9.47 Å². The summed E-state index contributed by atoms with van der Waals surface area (Å²) in [6, 6.07) is 12.7. The van der Waals surface area contributed by atoms with Gasteiger partial charge in [0.2, 0.25) is 5.91 Å². The van der Waals surface area contributed by atoms with Crippen LogP contribution in [0.1, 0.15) is 43.9 Å². The van der Waals surface area contributed by atoms with E-state index < -0.39 is 6.04 Å². The van der Waals surface area contributed by atoms with Gasteiger partial charge in [-0.1, -0.05) is 36.8 Å². The van der Waals surface area contributed by atoms with Crippen molar-refractivity contribution in [2.45, 2.75) is 59.7 Å². The van der Waals surface area contributed by atoms with Crippen LogP contribution in [0.5, 0.6) is 11.5 Å². The molecular formula is C25H34N2O4. The van der Waals surface area contributed by atoms with Crippen LogP contribution >= 0.6 is 0 Å². The van der Waals surface area contributed by atoms with Gasteiger partial charge >= 0.3 is 0 Å². The van der Waals surface area contributed by atoms with Crippen LogP contribution in [0.4, 0.5) is 0 Å². The standard InChI is InChI=1S/C25H34N2O4/c1-7-22(25(29)26-17(2)3)27(15-20-9-11-21(30-6)12-10-20)24(28)16-31-23-13-8-18(4)14-19(23)5/h8-14,17,22H,7,15-16H2,1-6H3,(H,26,29). The molecule has 2 aromatic carbocycles. The van der Waals surface area contributed by atoms with E-state index in [1.807, 2.05) is 77.1 Å². The zero-order valence-corrected chi connectivity index (χ0v) is 19.4. The van der Waals surface area contributed by atoms with Crippen LogP contribution in [0.3, 0.4) is 0 Å². The van der Waals surface area contributed by atoms with Crippen molar-refractivity contribution in [1.82, 2.24) is 10.2 Å². The Balaban J connectivity index is 2.23. The van der Waals surface area contributed by atoms with Gasteiger partial charge in [-0.25, -0.2) is 0 Å². The zero-order valence-electron chi connectivity index (χ0n) is 19.4. The molecule has 6 heteroatoms. The Morgan fingerprint density at radius 2 is 1.74 bits per heavy atom. The summed E-state index contributed by atoms with van der Waals surface area (Å²) < 4.78 is 11.0. The number of rotatable bonds is 10. The maximum Gasteiger partial charge on any atom is 0.261 e. The molecule has 0 fully saturated rings. The predicted molar refractivity (Wildman–Crippen MR) is 122 cm³/mol. The number of carbonyl (C=O) groups excluding carboxylic acids is 2. The van der Waals surface area contributed by atoms with E-state index >= 15 is 0 Å². The summed E-state index contributed by atoms with van der Waals surface area (Å²) in [7, 11) is 1.61. The molecule has 0 heterocycles. The predicted octanol–water partition coefficient (Wildman–Crippen LogP) is 4.02. The molecule has 0 saturated carbocycles. The molecular weight excluding hydrogens is 392 g/mol. The van der Waals surface area contributed by atoms with Crippen molar-refractivity contribution in [3.05, 3.63) is 59.2 Å². The molecule has 0 radical (unpaired) electrons. The monoisotopic (exact) mass is 426 g/mol. The second-order valence-corrected chi connectivity index (χ2v) is 8.01. The van der Waals surface area contributed by atoms with Gasteiger partial charge in [-0.3, -0.25) is 9.59 Å². The van der Waals surface area contributed by atoms with Crippen molar-refractivity contribution in [3.63, 3.8) is 0 Å². The van der Waals surface area contributed by atoms with Gasteiger partial charge < -0.3 is 19.7 Å². The Kier molecular flexibility index (Phi) is 8.91. The number of benzene rings is 2. The minimum Gasteiger partial charge on any atom is -0.497 e. The van der Waals surface area contributed by atoms with Gasteiger partial charge in [-0.2, -0.15) is 0 Å². The molecule has 0 aliphatic heterocycles. The first-order valence-electron chi connectivity index (χ1n) is 10.7. The molecule has 0 aromatic heterocycles. The molecule has 0 aliphatic carbocycles. The Bertz CT molecular complexity index is 878. The number of hydrogen-bond donors (Lipinski definition) is 1. The number of methoxy groups -OCH3 is 1. The molecule has 0 bridgehead atoms. The molecule has 0 aliphatic rings.